The predicted octanol–water partition coefficient (Wildman–Crippen LogP) is 3.22. The lowest BCUT2D eigenvalue weighted by Crippen LogP contribution is -2.14. The second kappa shape index (κ2) is 6.02. The number of nitrogens with zero attached hydrogens (tertiary/aromatic N) is 2. The summed E-state index contributed by atoms with van der Waals surface area (Å²) in [4.78, 5) is 1.16. The summed E-state index contributed by atoms with van der Waals surface area (Å²) in [5, 5.41) is 4.21. The molecule has 106 valence electrons. The number of nitrogens with two attached hydrogens (primary N) is 1. The molecule has 1 heterocycles. The third-order valence-corrected chi connectivity index (χ3v) is 4.93. The minimum absolute atomic E-state index is 0.0241. The summed E-state index contributed by atoms with van der Waals surface area (Å²) in [6.07, 6.45) is 6.70. The fourth-order valence-corrected chi connectivity index (χ4v) is 3.70. The van der Waals surface area contributed by atoms with Gasteiger partial charge < -0.3 is 5.73 Å². The number of aromatic nitrogens is 2. The van der Waals surface area contributed by atoms with Gasteiger partial charge >= 0.3 is 0 Å². The standard InChI is InChI=1S/C16H21N3S/c1-2-4-15-16(20-19-18-15)14(17)10-11-7-8-12-5-3-6-13(12)9-11/h7-9,14H,2-6,10,17H2,1H3. The third kappa shape index (κ3) is 2.76. The SMILES string of the molecule is CCCc1nnsc1C(N)Cc1ccc2c(c1)CCC2. The van der Waals surface area contributed by atoms with Gasteiger partial charge in [-0.05, 0) is 60.3 Å². The van der Waals surface area contributed by atoms with Crippen LogP contribution in [0.1, 0.15) is 53.1 Å². The molecule has 1 aromatic carbocycles. The van der Waals surface area contributed by atoms with Gasteiger partial charge in [-0.2, -0.15) is 0 Å². The monoisotopic (exact) mass is 287 g/mol. The van der Waals surface area contributed by atoms with Gasteiger partial charge in [0, 0.05) is 6.04 Å². The van der Waals surface area contributed by atoms with Crippen LogP contribution >= 0.6 is 11.5 Å². The number of hydrogen-bond donors (Lipinski definition) is 1. The maximum Gasteiger partial charge on any atom is 0.0803 e. The third-order valence-electron chi connectivity index (χ3n) is 4.03. The van der Waals surface area contributed by atoms with Gasteiger partial charge in [-0.3, -0.25) is 0 Å². The molecule has 2 N–H and O–H groups in total. The van der Waals surface area contributed by atoms with Crippen LogP contribution in [0, 0.1) is 0 Å². The Labute approximate surface area is 124 Å². The number of hydrogen-bond acceptors (Lipinski definition) is 4. The van der Waals surface area contributed by atoms with Crippen molar-refractivity contribution >= 4 is 11.5 Å². The molecule has 1 aliphatic rings. The van der Waals surface area contributed by atoms with E-state index in [1.807, 2.05) is 0 Å². The summed E-state index contributed by atoms with van der Waals surface area (Å²) in [6.45, 7) is 2.16. The molecule has 3 nitrogen and oxygen atoms in total. The molecule has 0 radical (unpaired) electrons. The number of rotatable bonds is 5. The van der Waals surface area contributed by atoms with Gasteiger partial charge in [-0.15, -0.1) is 5.10 Å². The van der Waals surface area contributed by atoms with Crippen molar-refractivity contribution in [2.24, 2.45) is 5.73 Å². The van der Waals surface area contributed by atoms with Crippen LogP contribution in [0.5, 0.6) is 0 Å². The molecular formula is C16H21N3S. The van der Waals surface area contributed by atoms with E-state index >= 15 is 0 Å². The fourth-order valence-electron chi connectivity index (χ4n) is 3.01. The highest BCUT2D eigenvalue weighted by molar-refractivity contribution is 7.05. The molecule has 0 amide bonds. The Morgan fingerprint density at radius 2 is 2.15 bits per heavy atom. The Morgan fingerprint density at radius 1 is 1.30 bits per heavy atom. The maximum atomic E-state index is 6.38. The highest BCUT2D eigenvalue weighted by atomic mass is 32.1. The molecule has 0 fully saturated rings. The Bertz CT molecular complexity index is 591. The molecule has 1 aliphatic carbocycles. The zero-order valence-corrected chi connectivity index (χ0v) is 12.7. The second-order valence-corrected chi connectivity index (χ2v) is 6.39. The van der Waals surface area contributed by atoms with Crippen molar-refractivity contribution < 1.29 is 0 Å². The Kier molecular flexibility index (Phi) is 4.13. The summed E-state index contributed by atoms with van der Waals surface area (Å²) >= 11 is 1.46. The largest absolute Gasteiger partial charge is 0.323 e. The first-order valence-electron chi connectivity index (χ1n) is 7.45. The molecule has 1 atom stereocenters. The van der Waals surface area contributed by atoms with Crippen molar-refractivity contribution in [3.05, 3.63) is 45.5 Å². The first kappa shape index (κ1) is 13.7. The van der Waals surface area contributed by atoms with E-state index in [4.69, 9.17) is 5.73 Å². The van der Waals surface area contributed by atoms with Crippen molar-refractivity contribution in [1.29, 1.82) is 0 Å². The van der Waals surface area contributed by atoms with E-state index in [2.05, 4.69) is 34.7 Å². The van der Waals surface area contributed by atoms with Crippen molar-refractivity contribution in [3.63, 3.8) is 0 Å². The first-order valence-corrected chi connectivity index (χ1v) is 8.22. The Hall–Kier alpha value is -1.26. The van der Waals surface area contributed by atoms with E-state index in [0.29, 0.717) is 0 Å². The quantitative estimate of drug-likeness (QED) is 0.918. The molecule has 1 unspecified atom stereocenters. The number of benzene rings is 1. The van der Waals surface area contributed by atoms with Crippen molar-refractivity contribution in [2.75, 3.05) is 0 Å². The minimum Gasteiger partial charge on any atom is -0.323 e. The van der Waals surface area contributed by atoms with Crippen LogP contribution < -0.4 is 5.73 Å². The fraction of sp³-hybridized carbons (Fsp3) is 0.500. The predicted molar refractivity (Wildman–Crippen MR) is 83.0 cm³/mol. The smallest absolute Gasteiger partial charge is 0.0803 e. The summed E-state index contributed by atoms with van der Waals surface area (Å²) in [7, 11) is 0. The molecule has 0 saturated heterocycles. The number of fused-ring (bicyclic) bond motifs is 1. The van der Waals surface area contributed by atoms with Crippen LogP contribution in [-0.2, 0) is 25.7 Å². The van der Waals surface area contributed by atoms with Crippen LogP contribution in [0.3, 0.4) is 0 Å². The van der Waals surface area contributed by atoms with Crippen LogP contribution in [0.4, 0.5) is 0 Å². The molecule has 2 aromatic rings. The summed E-state index contributed by atoms with van der Waals surface area (Å²) in [5.74, 6) is 0. The van der Waals surface area contributed by atoms with E-state index in [9.17, 15) is 0 Å². The average molecular weight is 287 g/mol. The highest BCUT2D eigenvalue weighted by Crippen LogP contribution is 2.27. The molecular weight excluding hydrogens is 266 g/mol. The highest BCUT2D eigenvalue weighted by Gasteiger charge is 2.17. The molecule has 4 heteroatoms. The van der Waals surface area contributed by atoms with Crippen LogP contribution in [0.2, 0.25) is 0 Å². The molecule has 0 bridgehead atoms. The average Bonchev–Trinajstić information content (AvgIpc) is 3.07. The van der Waals surface area contributed by atoms with Gasteiger partial charge in [0.15, 0.2) is 0 Å². The minimum atomic E-state index is 0.0241. The number of aryl methyl sites for hydroxylation is 3. The maximum absolute atomic E-state index is 6.38. The van der Waals surface area contributed by atoms with Crippen molar-refractivity contribution in [2.45, 2.75) is 51.5 Å². The van der Waals surface area contributed by atoms with Crippen LogP contribution in [0.15, 0.2) is 18.2 Å². The topological polar surface area (TPSA) is 51.8 Å². The molecule has 0 aliphatic heterocycles. The van der Waals surface area contributed by atoms with E-state index < -0.39 is 0 Å². The van der Waals surface area contributed by atoms with Crippen LogP contribution in [-0.4, -0.2) is 9.59 Å². The summed E-state index contributed by atoms with van der Waals surface area (Å²) in [6, 6.07) is 6.88. The van der Waals surface area contributed by atoms with Gasteiger partial charge in [0.1, 0.15) is 0 Å². The van der Waals surface area contributed by atoms with Gasteiger partial charge in [0.2, 0.25) is 0 Å². The lowest BCUT2D eigenvalue weighted by atomic mass is 9.99. The Morgan fingerprint density at radius 3 is 3.00 bits per heavy atom. The molecule has 0 saturated carbocycles. The molecule has 20 heavy (non-hydrogen) atoms. The first-order chi connectivity index (χ1) is 9.78. The van der Waals surface area contributed by atoms with Gasteiger partial charge in [0.05, 0.1) is 10.6 Å². The van der Waals surface area contributed by atoms with E-state index in [1.54, 1.807) is 0 Å². The van der Waals surface area contributed by atoms with E-state index in [-0.39, 0.29) is 6.04 Å². The van der Waals surface area contributed by atoms with Crippen molar-refractivity contribution in [1.82, 2.24) is 9.59 Å². The lowest BCUT2D eigenvalue weighted by molar-refractivity contribution is 0.714. The summed E-state index contributed by atoms with van der Waals surface area (Å²) < 4.78 is 4.07. The lowest BCUT2D eigenvalue weighted by Gasteiger charge is -2.12. The van der Waals surface area contributed by atoms with Gasteiger partial charge in [-0.25, -0.2) is 0 Å². The zero-order valence-electron chi connectivity index (χ0n) is 11.9. The van der Waals surface area contributed by atoms with Gasteiger partial charge in [-0.1, -0.05) is 36.0 Å². The zero-order chi connectivity index (χ0) is 13.9. The molecule has 0 spiro atoms. The Balaban J connectivity index is 1.75. The van der Waals surface area contributed by atoms with Crippen LogP contribution in [0.25, 0.3) is 0 Å². The second-order valence-electron chi connectivity index (χ2n) is 5.60. The summed E-state index contributed by atoms with van der Waals surface area (Å²) in [5.41, 5.74) is 11.8. The van der Waals surface area contributed by atoms with E-state index in [1.165, 1.54) is 47.5 Å². The molecule has 3 rings (SSSR count). The van der Waals surface area contributed by atoms with E-state index in [0.717, 1.165) is 29.8 Å². The van der Waals surface area contributed by atoms with Crippen molar-refractivity contribution in [3.8, 4) is 0 Å². The van der Waals surface area contributed by atoms with Gasteiger partial charge in [0.25, 0.3) is 0 Å². The molecule has 1 aromatic heterocycles. The normalized spacial score (nSPS) is 15.3.